The summed E-state index contributed by atoms with van der Waals surface area (Å²) in [7, 11) is -0.854. The van der Waals surface area contributed by atoms with Crippen LogP contribution in [0.25, 0.3) is 0 Å². The average molecular weight is 355 g/mol. The number of nitrogens with one attached hydrogen (secondary N) is 1. The molecule has 0 saturated carbocycles. The first-order chi connectivity index (χ1) is 10.8. The molecule has 2 aromatic heterocycles. The van der Waals surface area contributed by atoms with E-state index in [1.807, 2.05) is 17.5 Å². The minimum absolute atomic E-state index is 0.0341. The van der Waals surface area contributed by atoms with Crippen molar-refractivity contribution in [3.05, 3.63) is 51.1 Å². The molecule has 0 atom stereocenters. The zero-order valence-electron chi connectivity index (χ0n) is 12.7. The van der Waals surface area contributed by atoms with Crippen LogP contribution in [0.4, 0.5) is 0 Å². The zero-order valence-corrected chi connectivity index (χ0v) is 14.4. The molecule has 9 heteroatoms. The van der Waals surface area contributed by atoms with Crippen molar-refractivity contribution >= 4 is 27.3 Å². The van der Waals surface area contributed by atoms with E-state index >= 15 is 0 Å². The monoisotopic (exact) mass is 355 g/mol. The van der Waals surface area contributed by atoms with Crippen LogP contribution < -0.4 is 10.9 Å². The molecule has 2 heterocycles. The molecule has 0 aromatic carbocycles. The predicted octanol–water partition coefficient (Wildman–Crippen LogP) is 0.477. The van der Waals surface area contributed by atoms with Gasteiger partial charge in [-0.05, 0) is 17.5 Å². The molecule has 1 amide bonds. The number of nitrogens with zero attached hydrogens (tertiary/aromatic N) is 2. The van der Waals surface area contributed by atoms with Gasteiger partial charge in [0.15, 0.2) is 0 Å². The van der Waals surface area contributed by atoms with Crippen LogP contribution in [-0.4, -0.2) is 37.3 Å². The SMILES string of the molecule is CN(C)S(=O)(=O)c1ccc(=O)n(CC(=O)NCc2cccs2)c1. The molecule has 0 spiro atoms. The largest absolute Gasteiger partial charge is 0.350 e. The van der Waals surface area contributed by atoms with Gasteiger partial charge < -0.3 is 9.88 Å². The van der Waals surface area contributed by atoms with Crippen molar-refractivity contribution in [2.45, 2.75) is 18.0 Å². The van der Waals surface area contributed by atoms with Crippen molar-refractivity contribution in [3.63, 3.8) is 0 Å². The normalized spacial score (nSPS) is 11.6. The molecule has 1 N–H and O–H groups in total. The lowest BCUT2D eigenvalue weighted by atomic mass is 10.4. The van der Waals surface area contributed by atoms with Crippen LogP contribution in [-0.2, 0) is 27.9 Å². The first kappa shape index (κ1) is 17.4. The minimum atomic E-state index is -3.66. The summed E-state index contributed by atoms with van der Waals surface area (Å²) >= 11 is 1.52. The standard InChI is InChI=1S/C14H17N3O4S2/c1-16(2)23(20,21)12-5-6-14(19)17(9-12)10-13(18)15-8-11-4-3-7-22-11/h3-7,9H,8,10H2,1-2H3,(H,15,18). The fourth-order valence-electron chi connectivity index (χ4n) is 1.81. The van der Waals surface area contributed by atoms with Crippen molar-refractivity contribution in [2.24, 2.45) is 0 Å². The van der Waals surface area contributed by atoms with E-state index in [1.165, 1.54) is 37.7 Å². The van der Waals surface area contributed by atoms with Gasteiger partial charge >= 0.3 is 0 Å². The molecule has 0 fully saturated rings. The van der Waals surface area contributed by atoms with Gasteiger partial charge in [0.25, 0.3) is 5.56 Å². The van der Waals surface area contributed by atoms with E-state index in [4.69, 9.17) is 0 Å². The van der Waals surface area contributed by atoms with Gasteiger partial charge in [-0.15, -0.1) is 11.3 Å². The van der Waals surface area contributed by atoms with Gasteiger partial charge in [0, 0.05) is 31.2 Å². The second-order valence-electron chi connectivity index (χ2n) is 4.97. The summed E-state index contributed by atoms with van der Waals surface area (Å²) in [5.41, 5.74) is -0.436. The third kappa shape index (κ3) is 4.27. The Labute approximate surface area is 138 Å². The van der Waals surface area contributed by atoms with Gasteiger partial charge in [0.2, 0.25) is 15.9 Å². The Balaban J connectivity index is 2.13. The first-order valence-corrected chi connectivity index (χ1v) is 9.05. The highest BCUT2D eigenvalue weighted by Gasteiger charge is 2.18. The lowest BCUT2D eigenvalue weighted by Gasteiger charge is -2.13. The number of carbonyl (C=O) groups is 1. The van der Waals surface area contributed by atoms with E-state index in [2.05, 4.69) is 5.32 Å². The number of rotatable bonds is 6. The summed E-state index contributed by atoms with van der Waals surface area (Å²) in [6.07, 6.45) is 1.18. The second-order valence-corrected chi connectivity index (χ2v) is 8.16. The molecule has 23 heavy (non-hydrogen) atoms. The highest BCUT2D eigenvalue weighted by molar-refractivity contribution is 7.89. The maximum atomic E-state index is 12.1. The number of hydrogen-bond acceptors (Lipinski definition) is 5. The van der Waals surface area contributed by atoms with E-state index in [9.17, 15) is 18.0 Å². The Hall–Kier alpha value is -1.97. The summed E-state index contributed by atoms with van der Waals surface area (Å²) in [6, 6.07) is 6.15. The summed E-state index contributed by atoms with van der Waals surface area (Å²) in [5.74, 6) is -0.361. The van der Waals surface area contributed by atoms with E-state index < -0.39 is 15.6 Å². The number of aromatic nitrogens is 1. The van der Waals surface area contributed by atoms with Crippen LogP contribution in [0.3, 0.4) is 0 Å². The lowest BCUT2D eigenvalue weighted by Crippen LogP contribution is -2.32. The van der Waals surface area contributed by atoms with Gasteiger partial charge in [0.05, 0.1) is 11.4 Å². The van der Waals surface area contributed by atoms with Gasteiger partial charge in [-0.2, -0.15) is 0 Å². The Bertz CT molecular complexity index is 839. The highest BCUT2D eigenvalue weighted by atomic mass is 32.2. The van der Waals surface area contributed by atoms with Gasteiger partial charge in [-0.25, -0.2) is 12.7 Å². The summed E-state index contributed by atoms with van der Waals surface area (Å²) in [6.45, 7) is 0.141. The smallest absolute Gasteiger partial charge is 0.251 e. The van der Waals surface area contributed by atoms with Crippen molar-refractivity contribution in [2.75, 3.05) is 14.1 Å². The zero-order chi connectivity index (χ0) is 17.0. The first-order valence-electron chi connectivity index (χ1n) is 6.73. The lowest BCUT2D eigenvalue weighted by molar-refractivity contribution is -0.121. The third-order valence-corrected chi connectivity index (χ3v) is 5.76. The van der Waals surface area contributed by atoms with E-state index in [1.54, 1.807) is 0 Å². The van der Waals surface area contributed by atoms with Crippen molar-refractivity contribution in [1.29, 1.82) is 0 Å². The van der Waals surface area contributed by atoms with E-state index in [0.717, 1.165) is 19.8 Å². The summed E-state index contributed by atoms with van der Waals surface area (Å²) < 4.78 is 26.3. The molecule has 0 aliphatic rings. The predicted molar refractivity (Wildman–Crippen MR) is 87.7 cm³/mol. The fraction of sp³-hybridized carbons (Fsp3) is 0.286. The van der Waals surface area contributed by atoms with E-state index in [0.29, 0.717) is 6.54 Å². The molecule has 124 valence electrons. The Kier molecular flexibility index (Phi) is 5.34. The van der Waals surface area contributed by atoms with Crippen LogP contribution in [0, 0.1) is 0 Å². The van der Waals surface area contributed by atoms with E-state index in [-0.39, 0.29) is 17.3 Å². The number of hydrogen-bond donors (Lipinski definition) is 1. The molecule has 0 radical (unpaired) electrons. The number of pyridine rings is 1. The van der Waals surface area contributed by atoms with Crippen LogP contribution in [0.1, 0.15) is 4.88 Å². The number of sulfonamides is 1. The minimum Gasteiger partial charge on any atom is -0.350 e. The van der Waals surface area contributed by atoms with Crippen LogP contribution in [0.5, 0.6) is 0 Å². The topological polar surface area (TPSA) is 88.5 Å². The molecule has 0 bridgehead atoms. The van der Waals surface area contributed by atoms with Crippen LogP contribution >= 0.6 is 11.3 Å². The molecular weight excluding hydrogens is 338 g/mol. The molecule has 0 aliphatic carbocycles. The Morgan fingerprint density at radius 1 is 1.30 bits per heavy atom. The maximum absolute atomic E-state index is 12.1. The van der Waals surface area contributed by atoms with Gasteiger partial charge in [-0.3, -0.25) is 9.59 Å². The summed E-state index contributed by atoms with van der Waals surface area (Å²) in [5, 5.41) is 4.60. The van der Waals surface area contributed by atoms with Crippen molar-refractivity contribution in [3.8, 4) is 0 Å². The number of carbonyl (C=O) groups excluding carboxylic acids is 1. The molecule has 0 saturated heterocycles. The maximum Gasteiger partial charge on any atom is 0.251 e. The second kappa shape index (κ2) is 7.07. The van der Waals surface area contributed by atoms with Crippen molar-refractivity contribution in [1.82, 2.24) is 14.2 Å². The molecule has 0 unspecified atom stereocenters. The van der Waals surface area contributed by atoms with Crippen molar-refractivity contribution < 1.29 is 13.2 Å². The number of amides is 1. The Morgan fingerprint density at radius 3 is 2.65 bits per heavy atom. The highest BCUT2D eigenvalue weighted by Crippen LogP contribution is 2.10. The number of thiophene rings is 1. The fourth-order valence-corrected chi connectivity index (χ4v) is 3.37. The van der Waals surface area contributed by atoms with Gasteiger partial charge in [0.1, 0.15) is 6.54 Å². The Morgan fingerprint density at radius 2 is 2.04 bits per heavy atom. The molecular formula is C14H17N3O4S2. The van der Waals surface area contributed by atoms with Crippen LogP contribution in [0.15, 0.2) is 45.5 Å². The summed E-state index contributed by atoms with van der Waals surface area (Å²) in [4.78, 5) is 24.7. The third-order valence-electron chi connectivity index (χ3n) is 3.09. The molecule has 2 rings (SSSR count). The molecule has 0 aliphatic heterocycles. The average Bonchev–Trinajstić information content (AvgIpc) is 3.00. The van der Waals surface area contributed by atoms with Gasteiger partial charge in [-0.1, -0.05) is 6.07 Å². The quantitative estimate of drug-likeness (QED) is 0.816. The van der Waals surface area contributed by atoms with Crippen LogP contribution in [0.2, 0.25) is 0 Å². The molecule has 2 aromatic rings. The molecule has 7 nitrogen and oxygen atoms in total.